The number of hydrogen-bond donors (Lipinski definition) is 4. The maximum absolute atomic E-state index is 11.6. The summed E-state index contributed by atoms with van der Waals surface area (Å²) in [7, 11) is 0. The van der Waals surface area contributed by atoms with Crippen LogP contribution in [0.5, 0.6) is 5.75 Å². The summed E-state index contributed by atoms with van der Waals surface area (Å²) in [5.74, 6) is -2.74. The molecule has 38 heavy (non-hydrogen) atoms. The lowest BCUT2D eigenvalue weighted by Gasteiger charge is -2.23. The lowest BCUT2D eigenvalue weighted by atomic mass is 9.97. The zero-order valence-corrected chi connectivity index (χ0v) is 21.0. The van der Waals surface area contributed by atoms with Gasteiger partial charge in [0.05, 0.1) is 12.1 Å². The number of nitrogens with zero attached hydrogens (tertiary/aromatic N) is 1. The Morgan fingerprint density at radius 1 is 1.00 bits per heavy atom. The molecule has 2 aliphatic heterocycles. The molecule has 3 aromatic rings. The second-order valence-electron chi connectivity index (χ2n) is 9.28. The first-order valence-corrected chi connectivity index (χ1v) is 12.7. The molecule has 1 atom stereocenters. The standard InChI is InChI=1S/C27H29N3O2.C2H2O4/c31-27-12-9-21-8-11-24(18-26(21)30-27)32-15-3-5-22-16-19(13-14-28-22)17-23-10-7-20-4-1-2-6-25(20)29-23;3-1(4)2(5)6/h1-2,4,6-8,10-11,16,18,22,28H,3,5,9,12-15,17H2,(H,30,31);(H,3,4)(H,5,6). The number of fused-ring (bicyclic) bond motifs is 2. The molecule has 198 valence electrons. The van der Waals surface area contributed by atoms with Crippen molar-refractivity contribution in [2.45, 2.75) is 44.6 Å². The molecule has 0 aliphatic carbocycles. The molecule has 1 aromatic heterocycles. The van der Waals surface area contributed by atoms with Crippen LogP contribution in [0, 0.1) is 0 Å². The van der Waals surface area contributed by atoms with Crippen molar-refractivity contribution < 1.29 is 29.3 Å². The Bertz CT molecular complexity index is 1340. The molecule has 2 aromatic carbocycles. The van der Waals surface area contributed by atoms with E-state index in [0.717, 1.165) is 61.3 Å². The maximum atomic E-state index is 11.6. The number of nitrogens with one attached hydrogen (secondary N) is 2. The first-order chi connectivity index (χ1) is 18.4. The summed E-state index contributed by atoms with van der Waals surface area (Å²) in [6.07, 6.45) is 7.75. The molecule has 1 amide bonds. The van der Waals surface area contributed by atoms with Gasteiger partial charge in [0, 0.05) is 41.7 Å². The Hall–Kier alpha value is -4.24. The molecule has 0 radical (unpaired) electrons. The summed E-state index contributed by atoms with van der Waals surface area (Å²) in [5, 5.41) is 22.5. The highest BCUT2D eigenvalue weighted by atomic mass is 16.5. The molecule has 9 heteroatoms. The molecule has 5 rings (SSSR count). The molecule has 3 heterocycles. The first kappa shape index (κ1) is 26.8. The summed E-state index contributed by atoms with van der Waals surface area (Å²) < 4.78 is 5.95. The normalized spacial score (nSPS) is 16.4. The summed E-state index contributed by atoms with van der Waals surface area (Å²) >= 11 is 0. The van der Waals surface area contributed by atoms with Gasteiger partial charge in [0.25, 0.3) is 0 Å². The summed E-state index contributed by atoms with van der Waals surface area (Å²) in [6.45, 7) is 1.68. The zero-order valence-electron chi connectivity index (χ0n) is 21.0. The summed E-state index contributed by atoms with van der Waals surface area (Å²) in [4.78, 5) is 34.6. The highest BCUT2D eigenvalue weighted by Crippen LogP contribution is 2.27. The molecule has 2 aliphatic rings. The van der Waals surface area contributed by atoms with Crippen molar-refractivity contribution in [3.8, 4) is 5.75 Å². The van der Waals surface area contributed by atoms with Gasteiger partial charge in [-0.15, -0.1) is 0 Å². The zero-order chi connectivity index (χ0) is 26.9. The monoisotopic (exact) mass is 517 g/mol. The number of carbonyl (C=O) groups excluding carboxylic acids is 1. The quantitative estimate of drug-likeness (QED) is 0.210. The van der Waals surface area contributed by atoms with E-state index in [4.69, 9.17) is 29.5 Å². The molecular formula is C29H31N3O6. The molecule has 0 spiro atoms. The smallest absolute Gasteiger partial charge is 0.414 e. The van der Waals surface area contributed by atoms with E-state index in [2.05, 4.69) is 53.1 Å². The van der Waals surface area contributed by atoms with Crippen LogP contribution in [-0.2, 0) is 27.2 Å². The molecule has 0 bridgehead atoms. The van der Waals surface area contributed by atoms with E-state index in [1.54, 1.807) is 0 Å². The van der Waals surface area contributed by atoms with E-state index in [1.165, 1.54) is 16.5 Å². The van der Waals surface area contributed by atoms with Crippen LogP contribution in [-0.4, -0.2) is 52.2 Å². The number of benzene rings is 2. The van der Waals surface area contributed by atoms with Crippen LogP contribution in [0.25, 0.3) is 10.9 Å². The largest absolute Gasteiger partial charge is 0.494 e. The van der Waals surface area contributed by atoms with Crippen molar-refractivity contribution in [3.63, 3.8) is 0 Å². The summed E-state index contributed by atoms with van der Waals surface area (Å²) in [6, 6.07) is 19.0. The second kappa shape index (κ2) is 12.8. The molecule has 0 saturated carbocycles. The second-order valence-corrected chi connectivity index (χ2v) is 9.28. The number of pyridine rings is 1. The Kier molecular flexibility index (Phi) is 9.05. The van der Waals surface area contributed by atoms with Crippen molar-refractivity contribution in [1.29, 1.82) is 0 Å². The lowest BCUT2D eigenvalue weighted by molar-refractivity contribution is -0.159. The number of amides is 1. The number of rotatable bonds is 7. The molecule has 9 nitrogen and oxygen atoms in total. The Balaban J connectivity index is 0.000000505. The van der Waals surface area contributed by atoms with Gasteiger partial charge in [-0.25, -0.2) is 9.59 Å². The Labute approximate surface area is 220 Å². The SMILES string of the molecule is O=C(O)C(=O)O.O=C1CCc2ccc(OCCCC3C=C(Cc4ccc5ccccc5n4)CCN3)cc2N1. The molecule has 1 unspecified atom stereocenters. The third kappa shape index (κ3) is 7.63. The van der Waals surface area contributed by atoms with E-state index in [0.29, 0.717) is 19.1 Å². The fourth-order valence-electron chi connectivity index (χ4n) is 4.55. The number of aliphatic carboxylic acids is 2. The maximum Gasteiger partial charge on any atom is 0.414 e. The number of para-hydroxylation sites is 1. The van der Waals surface area contributed by atoms with Gasteiger partial charge in [-0.1, -0.05) is 42.0 Å². The predicted molar refractivity (Wildman–Crippen MR) is 143 cm³/mol. The van der Waals surface area contributed by atoms with Gasteiger partial charge in [0.15, 0.2) is 0 Å². The van der Waals surface area contributed by atoms with Crippen LogP contribution >= 0.6 is 0 Å². The van der Waals surface area contributed by atoms with Crippen molar-refractivity contribution >= 4 is 34.4 Å². The van der Waals surface area contributed by atoms with Crippen molar-refractivity contribution in [1.82, 2.24) is 10.3 Å². The third-order valence-corrected chi connectivity index (χ3v) is 6.44. The fraction of sp³-hybridized carbons (Fsp3) is 0.310. The van der Waals surface area contributed by atoms with Crippen LogP contribution in [0.4, 0.5) is 5.69 Å². The minimum Gasteiger partial charge on any atom is -0.494 e. The summed E-state index contributed by atoms with van der Waals surface area (Å²) in [5.41, 5.74) is 5.74. The highest BCUT2D eigenvalue weighted by Gasteiger charge is 2.16. The van der Waals surface area contributed by atoms with Gasteiger partial charge in [0.1, 0.15) is 5.75 Å². The number of aryl methyl sites for hydroxylation is 1. The number of aromatic nitrogens is 1. The molecular weight excluding hydrogens is 486 g/mol. The van der Waals surface area contributed by atoms with E-state index in [9.17, 15) is 4.79 Å². The predicted octanol–water partition coefficient (Wildman–Crippen LogP) is 3.97. The Morgan fingerprint density at radius 2 is 1.82 bits per heavy atom. The van der Waals surface area contributed by atoms with Crippen LogP contribution in [0.15, 0.2) is 66.2 Å². The van der Waals surface area contributed by atoms with Gasteiger partial charge in [-0.2, -0.15) is 0 Å². The fourth-order valence-corrected chi connectivity index (χ4v) is 4.55. The number of carboxylic acids is 2. The van der Waals surface area contributed by atoms with Gasteiger partial charge < -0.3 is 25.6 Å². The van der Waals surface area contributed by atoms with Gasteiger partial charge >= 0.3 is 11.9 Å². The van der Waals surface area contributed by atoms with Gasteiger partial charge in [-0.05, 0) is 56.0 Å². The van der Waals surface area contributed by atoms with Gasteiger partial charge in [-0.3, -0.25) is 9.78 Å². The minimum atomic E-state index is -1.82. The van der Waals surface area contributed by atoms with E-state index in [-0.39, 0.29) is 5.91 Å². The lowest BCUT2D eigenvalue weighted by Crippen LogP contribution is -2.33. The number of anilines is 1. The highest BCUT2D eigenvalue weighted by molar-refractivity contribution is 6.27. The van der Waals surface area contributed by atoms with Crippen LogP contribution < -0.4 is 15.4 Å². The average molecular weight is 518 g/mol. The van der Waals surface area contributed by atoms with Crippen molar-refractivity contribution in [2.75, 3.05) is 18.5 Å². The van der Waals surface area contributed by atoms with E-state index in [1.807, 2.05) is 18.2 Å². The topological polar surface area (TPSA) is 138 Å². The number of carbonyl (C=O) groups is 3. The van der Waals surface area contributed by atoms with Crippen molar-refractivity contribution in [3.05, 3.63) is 77.5 Å². The molecule has 0 saturated heterocycles. The van der Waals surface area contributed by atoms with E-state index >= 15 is 0 Å². The van der Waals surface area contributed by atoms with Crippen LogP contribution in [0.3, 0.4) is 0 Å². The number of carboxylic acid groups (broad SMARTS) is 2. The first-order valence-electron chi connectivity index (χ1n) is 12.7. The van der Waals surface area contributed by atoms with Crippen LogP contribution in [0.2, 0.25) is 0 Å². The molecule has 0 fully saturated rings. The average Bonchev–Trinajstić information content (AvgIpc) is 2.91. The molecule has 4 N–H and O–H groups in total. The third-order valence-electron chi connectivity index (χ3n) is 6.44. The minimum absolute atomic E-state index is 0.0829. The number of ether oxygens (including phenoxy) is 1. The van der Waals surface area contributed by atoms with E-state index < -0.39 is 11.9 Å². The Morgan fingerprint density at radius 3 is 2.63 bits per heavy atom. The van der Waals surface area contributed by atoms with Crippen molar-refractivity contribution in [2.24, 2.45) is 0 Å². The van der Waals surface area contributed by atoms with Crippen LogP contribution in [0.1, 0.15) is 36.9 Å². The number of hydrogen-bond acceptors (Lipinski definition) is 6. The van der Waals surface area contributed by atoms with Gasteiger partial charge in [0.2, 0.25) is 5.91 Å².